The van der Waals surface area contributed by atoms with Crippen LogP contribution in [0.2, 0.25) is 0 Å². The van der Waals surface area contributed by atoms with E-state index < -0.39 is 19.7 Å². The summed E-state index contributed by atoms with van der Waals surface area (Å²) in [5.41, 5.74) is 2.90. The number of fused-ring (bicyclic) bond motifs is 1. The zero-order valence-electron chi connectivity index (χ0n) is 23.4. The summed E-state index contributed by atoms with van der Waals surface area (Å²) in [6.45, 7) is 4.54. The molecule has 9 nitrogen and oxygen atoms in total. The zero-order chi connectivity index (χ0) is 26.9. The number of piperidine rings is 1. The second kappa shape index (κ2) is 14.7. The van der Waals surface area contributed by atoms with Crippen LogP contribution in [0.4, 0.5) is 15.8 Å². The molecule has 0 bridgehead atoms. The van der Waals surface area contributed by atoms with Gasteiger partial charge in [0.15, 0.2) is 11.6 Å². The Kier molecular flexibility index (Phi) is 12.4. The third-order valence-electron chi connectivity index (χ3n) is 7.66. The van der Waals surface area contributed by atoms with Gasteiger partial charge in [0.05, 0.1) is 26.1 Å². The fourth-order valence-electron chi connectivity index (χ4n) is 5.56. The quantitative estimate of drug-likeness (QED) is 0.224. The maximum absolute atomic E-state index is 14.4. The van der Waals surface area contributed by atoms with Crippen molar-refractivity contribution in [1.82, 2.24) is 5.32 Å². The van der Waals surface area contributed by atoms with Gasteiger partial charge in [-0.25, -0.2) is 4.39 Å². The molecule has 1 heterocycles. The van der Waals surface area contributed by atoms with E-state index in [-0.39, 0.29) is 76.8 Å². The first-order valence-corrected chi connectivity index (χ1v) is 14.7. The summed E-state index contributed by atoms with van der Waals surface area (Å²) in [6.07, 6.45) is 2.44. The van der Waals surface area contributed by atoms with Gasteiger partial charge in [-0.3, -0.25) is 4.79 Å². The molecule has 1 amide bonds. The van der Waals surface area contributed by atoms with E-state index in [1.807, 2.05) is 18.2 Å². The van der Waals surface area contributed by atoms with E-state index in [1.165, 1.54) is 12.5 Å². The van der Waals surface area contributed by atoms with Crippen molar-refractivity contribution in [3.8, 4) is 5.75 Å². The molecule has 40 heavy (non-hydrogen) atoms. The number of halogens is 1. The maximum Gasteiger partial charge on any atom is 1.00 e. The van der Waals surface area contributed by atoms with Gasteiger partial charge in [-0.05, 0) is 86.8 Å². The van der Waals surface area contributed by atoms with Crippen molar-refractivity contribution in [3.05, 3.63) is 53.3 Å². The average molecular weight is 592 g/mol. The van der Waals surface area contributed by atoms with Gasteiger partial charge in [-0.2, -0.15) is 0 Å². The smallest absolute Gasteiger partial charge is 0.790 e. The molecule has 2 aromatic carbocycles. The van der Waals surface area contributed by atoms with Gasteiger partial charge in [0.2, 0.25) is 0 Å². The first-order chi connectivity index (χ1) is 18.2. The Balaban J connectivity index is 0.00000220. The summed E-state index contributed by atoms with van der Waals surface area (Å²) in [5.74, 6) is 1.05. The van der Waals surface area contributed by atoms with Gasteiger partial charge in [-0.1, -0.05) is 6.07 Å². The molecule has 0 spiro atoms. The molecular weight excluding hydrogens is 558 g/mol. The van der Waals surface area contributed by atoms with E-state index in [4.69, 9.17) is 4.74 Å². The second-order valence-electron chi connectivity index (χ2n) is 10.4. The number of nitrogens with one attached hydrogen (secondary N) is 2. The minimum atomic E-state index is -5.02. The Morgan fingerprint density at radius 2 is 1.77 bits per heavy atom. The molecule has 2 unspecified atom stereocenters. The topological polar surface area (TPSA) is 126 Å². The normalized spacial score (nSPS) is 23.4. The standard InChI is InChI=1S/C27H35FN3O6P.2Na/c1-2-36-26-10-3-17(11-24(26)28)14-29-25-13-21(31-15-18-12-19(18)16-31)6-9-23(25)27(32)30-20-4-7-22(8-5-20)37-38(33,34)35;;/h3,6,9-11,13,18-20,22,29H,2,4-5,7-8,12,14-16H2,1H3,(H,30,32)(H2,33,34,35);;/q;2*+1/p-2. The predicted octanol–water partition coefficient (Wildman–Crippen LogP) is -2.81. The summed E-state index contributed by atoms with van der Waals surface area (Å²) < 4.78 is 35.2. The average Bonchev–Trinajstić information content (AvgIpc) is 3.49. The minimum Gasteiger partial charge on any atom is -0.790 e. The molecule has 2 N–H and O–H groups in total. The van der Waals surface area contributed by atoms with Crippen molar-refractivity contribution < 1.29 is 91.9 Å². The van der Waals surface area contributed by atoms with Crippen LogP contribution >= 0.6 is 7.82 Å². The number of carbonyl (C=O) groups is 1. The van der Waals surface area contributed by atoms with E-state index >= 15 is 0 Å². The molecule has 1 saturated heterocycles. The molecule has 13 heteroatoms. The molecule has 3 aliphatic rings. The van der Waals surface area contributed by atoms with Crippen molar-refractivity contribution in [1.29, 1.82) is 0 Å². The monoisotopic (exact) mass is 591 g/mol. The van der Waals surface area contributed by atoms with E-state index in [2.05, 4.69) is 20.1 Å². The zero-order valence-corrected chi connectivity index (χ0v) is 28.3. The summed E-state index contributed by atoms with van der Waals surface area (Å²) in [5, 5.41) is 6.37. The fourth-order valence-corrected chi connectivity index (χ4v) is 6.14. The van der Waals surface area contributed by atoms with Gasteiger partial charge in [0.25, 0.3) is 5.91 Å². The number of nitrogens with zero attached hydrogens (tertiary/aromatic N) is 1. The first-order valence-electron chi connectivity index (χ1n) is 13.2. The second-order valence-corrected chi connectivity index (χ2v) is 11.5. The molecule has 3 fully saturated rings. The Bertz CT molecular complexity index is 1220. The Morgan fingerprint density at radius 1 is 1.07 bits per heavy atom. The number of phosphoric acid groups is 1. The molecule has 0 radical (unpaired) electrons. The number of phosphoric ester groups is 1. The summed E-state index contributed by atoms with van der Waals surface area (Å²) in [6, 6.07) is 10.4. The van der Waals surface area contributed by atoms with Crippen LogP contribution in [0.5, 0.6) is 5.75 Å². The Labute approximate surface area is 278 Å². The third-order valence-corrected chi connectivity index (χ3v) is 8.21. The summed E-state index contributed by atoms with van der Waals surface area (Å²) >= 11 is 0. The third kappa shape index (κ3) is 8.93. The van der Waals surface area contributed by atoms with Gasteiger partial charge >= 0.3 is 59.1 Å². The molecule has 206 valence electrons. The van der Waals surface area contributed by atoms with Gasteiger partial charge in [0.1, 0.15) is 0 Å². The summed E-state index contributed by atoms with van der Waals surface area (Å²) in [4.78, 5) is 37.4. The van der Waals surface area contributed by atoms with Gasteiger partial charge in [0, 0.05) is 37.1 Å². The van der Waals surface area contributed by atoms with Crippen LogP contribution in [0, 0.1) is 17.7 Å². The van der Waals surface area contributed by atoms with Crippen molar-refractivity contribution in [2.75, 3.05) is 29.9 Å². The van der Waals surface area contributed by atoms with E-state index in [9.17, 15) is 23.5 Å². The van der Waals surface area contributed by atoms with Crippen molar-refractivity contribution in [2.45, 2.75) is 57.7 Å². The largest absolute Gasteiger partial charge is 1.00 e. The number of anilines is 2. The van der Waals surface area contributed by atoms with Gasteiger partial charge in [-0.15, -0.1) is 0 Å². The molecule has 2 aromatic rings. The summed E-state index contributed by atoms with van der Waals surface area (Å²) in [7, 11) is -5.02. The number of amides is 1. The van der Waals surface area contributed by atoms with Crippen LogP contribution in [0.15, 0.2) is 36.4 Å². The molecular formula is C27H33FN3Na2O6P. The number of ether oxygens (including phenoxy) is 1. The molecule has 0 aromatic heterocycles. The first kappa shape index (κ1) is 33.8. The predicted molar refractivity (Wildman–Crippen MR) is 137 cm³/mol. The molecule has 2 saturated carbocycles. The number of carbonyl (C=O) groups excluding carboxylic acids is 1. The van der Waals surface area contributed by atoms with Gasteiger partial charge < -0.3 is 39.1 Å². The van der Waals surface area contributed by atoms with Crippen LogP contribution in [0.25, 0.3) is 0 Å². The van der Waals surface area contributed by atoms with E-state index in [1.54, 1.807) is 19.1 Å². The molecule has 5 rings (SSSR count). The van der Waals surface area contributed by atoms with Crippen LogP contribution in [0.1, 0.15) is 54.9 Å². The number of hydrogen-bond donors (Lipinski definition) is 2. The van der Waals surface area contributed by atoms with Crippen molar-refractivity contribution in [2.24, 2.45) is 11.8 Å². The fraction of sp³-hybridized carbons (Fsp3) is 0.519. The SMILES string of the molecule is CCOc1ccc(CNc2cc(N3CC4CC4C3)ccc2C(=O)NC2CCC(OP(=O)([O-])[O-])CC2)cc1F.[Na+].[Na+]. The minimum absolute atomic E-state index is 0. The van der Waals surface area contributed by atoms with Crippen LogP contribution in [0.3, 0.4) is 0 Å². The van der Waals surface area contributed by atoms with E-state index in [0.29, 0.717) is 50.1 Å². The molecule has 2 aliphatic carbocycles. The van der Waals surface area contributed by atoms with E-state index in [0.717, 1.165) is 36.2 Å². The molecule has 2 atom stereocenters. The van der Waals surface area contributed by atoms with Crippen LogP contribution < -0.4 is 89.2 Å². The number of benzene rings is 2. The van der Waals surface area contributed by atoms with Crippen LogP contribution in [-0.4, -0.2) is 37.7 Å². The molecule has 1 aliphatic heterocycles. The number of rotatable bonds is 10. The van der Waals surface area contributed by atoms with Crippen molar-refractivity contribution >= 4 is 25.1 Å². The van der Waals surface area contributed by atoms with Crippen molar-refractivity contribution in [3.63, 3.8) is 0 Å². The van der Waals surface area contributed by atoms with Crippen LogP contribution in [-0.2, 0) is 15.6 Å². The Morgan fingerprint density at radius 3 is 2.40 bits per heavy atom. The maximum atomic E-state index is 14.4. The Hall–Kier alpha value is -0.650. The number of hydrogen-bond acceptors (Lipinski definition) is 8.